The van der Waals surface area contributed by atoms with Gasteiger partial charge in [-0.2, -0.15) is 0 Å². The maximum Gasteiger partial charge on any atom is 0.134 e. The van der Waals surface area contributed by atoms with E-state index in [1.807, 2.05) is 6.08 Å². The zero-order valence-electron chi connectivity index (χ0n) is 17.8. The predicted octanol–water partition coefficient (Wildman–Crippen LogP) is 3.04. The average Bonchev–Trinajstić information content (AvgIpc) is 2.84. The monoisotopic (exact) mass is 486 g/mol. The summed E-state index contributed by atoms with van der Waals surface area (Å²) >= 11 is 0. The summed E-state index contributed by atoms with van der Waals surface area (Å²) in [4.78, 5) is 0. The number of benzene rings is 3. The van der Waals surface area contributed by atoms with Crippen molar-refractivity contribution in [2.75, 3.05) is 6.16 Å². The molecule has 0 fully saturated rings. The Bertz CT molecular complexity index is 976. The quantitative estimate of drug-likeness (QED) is 0.384. The van der Waals surface area contributed by atoms with Gasteiger partial charge in [-0.15, -0.1) is 0 Å². The highest BCUT2D eigenvalue weighted by molar-refractivity contribution is 7.95. The molecule has 0 heterocycles. The van der Waals surface area contributed by atoms with Crippen molar-refractivity contribution in [3.05, 3.63) is 115 Å². The molecule has 3 aromatic carbocycles. The lowest BCUT2D eigenvalue weighted by Crippen LogP contribution is -3.00. The van der Waals surface area contributed by atoms with Gasteiger partial charge >= 0.3 is 0 Å². The second-order valence-corrected chi connectivity index (χ2v) is 11.2. The molecule has 0 saturated heterocycles. The van der Waals surface area contributed by atoms with Crippen LogP contribution in [0.4, 0.5) is 0 Å². The van der Waals surface area contributed by atoms with Gasteiger partial charge in [0.15, 0.2) is 0 Å². The minimum atomic E-state index is -1.87. The Morgan fingerprint density at radius 2 is 1.16 bits per heavy atom. The van der Waals surface area contributed by atoms with Gasteiger partial charge in [-0.1, -0.05) is 79.1 Å². The van der Waals surface area contributed by atoms with Gasteiger partial charge in [-0.3, -0.25) is 0 Å². The minimum absolute atomic E-state index is 0. The molecule has 4 rings (SSSR count). The van der Waals surface area contributed by atoms with Crippen LogP contribution < -0.4 is 32.9 Å². The number of allylic oxidation sites excluding steroid dienone is 3. The lowest BCUT2D eigenvalue weighted by Gasteiger charge is -2.25. The fourth-order valence-electron chi connectivity index (χ4n) is 4.33. The van der Waals surface area contributed by atoms with Crippen molar-refractivity contribution in [3.63, 3.8) is 0 Å². The molecule has 0 nitrogen and oxygen atoms in total. The lowest BCUT2D eigenvalue weighted by atomic mass is 9.92. The molecule has 3 aromatic rings. The summed E-state index contributed by atoms with van der Waals surface area (Å²) < 4.78 is 0. The Morgan fingerprint density at radius 3 is 1.61 bits per heavy atom. The van der Waals surface area contributed by atoms with Crippen molar-refractivity contribution < 1.29 is 17.0 Å². The summed E-state index contributed by atoms with van der Waals surface area (Å²) in [5.74, 6) is 7.22. The summed E-state index contributed by atoms with van der Waals surface area (Å²) in [6, 6.07) is 32.9. The van der Waals surface area contributed by atoms with Crippen LogP contribution in [0.3, 0.4) is 0 Å². The Morgan fingerprint density at radius 1 is 0.710 bits per heavy atom. The fraction of sp³-hybridized carbons (Fsp3) is 0.172. The molecular weight excluding hydrogens is 459 g/mol. The van der Waals surface area contributed by atoms with Crippen LogP contribution in [0, 0.1) is 11.8 Å². The molecule has 0 radical (unpaired) electrons. The molecule has 0 bridgehead atoms. The van der Waals surface area contributed by atoms with E-state index in [1.54, 1.807) is 0 Å². The number of hydrogen-bond donors (Lipinski definition) is 0. The molecule has 0 N–H and O–H groups in total. The zero-order valence-corrected chi connectivity index (χ0v) is 20.3. The van der Waals surface area contributed by atoms with E-state index < -0.39 is 7.26 Å². The molecule has 31 heavy (non-hydrogen) atoms. The first kappa shape index (κ1) is 23.3. The molecule has 0 atom stereocenters. The van der Waals surface area contributed by atoms with Crippen LogP contribution in [0.1, 0.15) is 25.7 Å². The van der Waals surface area contributed by atoms with E-state index in [1.165, 1.54) is 39.9 Å². The van der Waals surface area contributed by atoms with Gasteiger partial charge in [-0.05, 0) is 67.7 Å². The van der Waals surface area contributed by atoms with E-state index in [2.05, 4.69) is 109 Å². The smallest absolute Gasteiger partial charge is 0.134 e. The second kappa shape index (κ2) is 11.3. The van der Waals surface area contributed by atoms with Crippen molar-refractivity contribution in [1.82, 2.24) is 0 Å². The SMILES string of the molecule is C=CC1=C(C#CC[P+](c2ccccc2)(c2ccccc2)c2ccccc2)CCCC1.[Br-]. The minimum Gasteiger partial charge on any atom is -1.00 e. The topological polar surface area (TPSA) is 0 Å². The highest BCUT2D eigenvalue weighted by atomic mass is 79.9. The Labute approximate surface area is 198 Å². The van der Waals surface area contributed by atoms with Gasteiger partial charge in [0.2, 0.25) is 0 Å². The summed E-state index contributed by atoms with van der Waals surface area (Å²) in [6.45, 7) is 4.02. The third kappa shape index (κ3) is 5.10. The van der Waals surface area contributed by atoms with Crippen molar-refractivity contribution in [1.29, 1.82) is 0 Å². The van der Waals surface area contributed by atoms with E-state index >= 15 is 0 Å². The normalized spacial score (nSPS) is 13.5. The number of hydrogen-bond acceptors (Lipinski definition) is 0. The van der Waals surface area contributed by atoms with Crippen molar-refractivity contribution in [3.8, 4) is 11.8 Å². The molecule has 0 amide bonds. The predicted molar refractivity (Wildman–Crippen MR) is 133 cm³/mol. The van der Waals surface area contributed by atoms with Gasteiger partial charge in [0.05, 0.1) is 0 Å². The highest BCUT2D eigenvalue weighted by Crippen LogP contribution is 2.54. The maximum absolute atomic E-state index is 4.02. The van der Waals surface area contributed by atoms with E-state index in [0.717, 1.165) is 19.0 Å². The van der Waals surface area contributed by atoms with Gasteiger partial charge < -0.3 is 17.0 Å². The number of halogens is 1. The molecule has 0 aliphatic heterocycles. The third-order valence-corrected chi connectivity index (χ3v) is 10.1. The molecule has 1 aliphatic carbocycles. The maximum atomic E-state index is 4.02. The van der Waals surface area contributed by atoms with Crippen LogP contribution in [0.25, 0.3) is 0 Å². The molecule has 2 heteroatoms. The van der Waals surface area contributed by atoms with Gasteiger partial charge in [-0.25, -0.2) is 0 Å². The van der Waals surface area contributed by atoms with Crippen LogP contribution in [-0.2, 0) is 0 Å². The molecule has 0 saturated carbocycles. The van der Waals surface area contributed by atoms with E-state index in [0.29, 0.717) is 0 Å². The van der Waals surface area contributed by atoms with Crippen molar-refractivity contribution >= 4 is 23.2 Å². The van der Waals surface area contributed by atoms with Crippen LogP contribution >= 0.6 is 7.26 Å². The van der Waals surface area contributed by atoms with E-state index in [9.17, 15) is 0 Å². The van der Waals surface area contributed by atoms with E-state index in [-0.39, 0.29) is 17.0 Å². The Kier molecular flexibility index (Phi) is 8.48. The van der Waals surface area contributed by atoms with Gasteiger partial charge in [0.25, 0.3) is 0 Å². The molecular formula is C29H28BrP. The largest absolute Gasteiger partial charge is 1.00 e. The first-order chi connectivity index (χ1) is 14.8. The fourth-order valence-corrected chi connectivity index (χ4v) is 8.13. The van der Waals surface area contributed by atoms with E-state index in [4.69, 9.17) is 0 Å². The summed E-state index contributed by atoms with van der Waals surface area (Å²) in [7, 11) is -1.87. The van der Waals surface area contributed by atoms with Crippen LogP contribution in [0.2, 0.25) is 0 Å². The van der Waals surface area contributed by atoms with Crippen LogP contribution in [0.5, 0.6) is 0 Å². The van der Waals surface area contributed by atoms with Gasteiger partial charge in [0.1, 0.15) is 29.3 Å². The average molecular weight is 487 g/mol. The van der Waals surface area contributed by atoms with Crippen LogP contribution in [-0.4, -0.2) is 6.16 Å². The van der Waals surface area contributed by atoms with Crippen LogP contribution in [0.15, 0.2) is 115 Å². The molecule has 1 aliphatic rings. The molecule has 0 aromatic heterocycles. The Hall–Kier alpha value is -2.39. The first-order valence-electron chi connectivity index (χ1n) is 10.7. The molecule has 0 spiro atoms. The lowest BCUT2D eigenvalue weighted by molar-refractivity contribution is -0.00000583. The first-order valence-corrected chi connectivity index (χ1v) is 12.7. The summed E-state index contributed by atoms with van der Waals surface area (Å²) in [5, 5.41) is 4.16. The third-order valence-electron chi connectivity index (χ3n) is 5.90. The molecule has 0 unspecified atom stereocenters. The zero-order chi connectivity index (χ0) is 20.7. The second-order valence-electron chi connectivity index (χ2n) is 7.69. The standard InChI is InChI=1S/C29H28P.BrH/c1-2-25-15-12-13-16-26(25)17-14-24-30(27-18-6-3-7-19-27,28-20-8-4-9-21-28)29-22-10-5-11-23-29;/h2-11,18-23H,1,12-13,15-16,24H2;1H/q+1;/p-1. The molecule has 156 valence electrons. The van der Waals surface area contributed by atoms with Crippen molar-refractivity contribution in [2.45, 2.75) is 25.7 Å². The Balaban J connectivity index is 0.00000272. The highest BCUT2D eigenvalue weighted by Gasteiger charge is 2.44. The van der Waals surface area contributed by atoms with Gasteiger partial charge in [0, 0.05) is 5.57 Å². The summed E-state index contributed by atoms with van der Waals surface area (Å²) in [5.41, 5.74) is 2.64. The summed E-state index contributed by atoms with van der Waals surface area (Å²) in [6.07, 6.45) is 7.54. The van der Waals surface area contributed by atoms with Crippen molar-refractivity contribution in [2.24, 2.45) is 0 Å². The number of rotatable bonds is 5.